The number of amides is 3. The lowest BCUT2D eigenvalue weighted by Gasteiger charge is -2.47. The molecule has 0 radical (unpaired) electrons. The standard InChI is InChI=1S/C28H25FN4O4/c29-24-18(13-32-15-28(37,16-32)20-4-2-1-3-5-20)10-11-30-25(24)17-6-7-21-19(12-17)14-33(27(21)36)22-8-9-23(34)31-26(22)35/h1-7,10-12,22,37H,8-9,13-16H2,(H,31,34,35). The molecule has 1 atom stereocenters. The van der Waals surface area contributed by atoms with Crippen molar-refractivity contribution in [2.24, 2.45) is 0 Å². The number of hydrogen-bond acceptors (Lipinski definition) is 6. The average molecular weight is 501 g/mol. The van der Waals surface area contributed by atoms with Gasteiger partial charge in [-0.05, 0) is 35.7 Å². The summed E-state index contributed by atoms with van der Waals surface area (Å²) in [5.74, 6) is -1.52. The highest BCUT2D eigenvalue weighted by Crippen LogP contribution is 2.35. The van der Waals surface area contributed by atoms with E-state index in [1.54, 1.807) is 30.5 Å². The Morgan fingerprint density at radius 1 is 1.08 bits per heavy atom. The largest absolute Gasteiger partial charge is 0.382 e. The molecule has 2 aromatic carbocycles. The van der Waals surface area contributed by atoms with Gasteiger partial charge in [-0.2, -0.15) is 0 Å². The average Bonchev–Trinajstić information content (AvgIpc) is 3.20. The van der Waals surface area contributed by atoms with Gasteiger partial charge in [-0.1, -0.05) is 36.4 Å². The topological polar surface area (TPSA) is 103 Å². The molecular weight excluding hydrogens is 475 g/mol. The Hall–Kier alpha value is -3.95. The van der Waals surface area contributed by atoms with Gasteiger partial charge in [-0.15, -0.1) is 0 Å². The van der Waals surface area contributed by atoms with E-state index in [0.717, 1.165) is 5.56 Å². The molecule has 1 unspecified atom stereocenters. The van der Waals surface area contributed by atoms with Gasteiger partial charge in [0.15, 0.2) is 5.82 Å². The molecule has 6 rings (SSSR count). The minimum Gasteiger partial charge on any atom is -0.382 e. The maximum atomic E-state index is 15.6. The van der Waals surface area contributed by atoms with E-state index < -0.39 is 23.4 Å². The van der Waals surface area contributed by atoms with Crippen LogP contribution in [0.1, 0.15) is 39.9 Å². The van der Waals surface area contributed by atoms with E-state index in [-0.39, 0.29) is 36.9 Å². The second-order valence-corrected chi connectivity index (χ2v) is 9.95. The number of carbonyl (C=O) groups is 3. The van der Waals surface area contributed by atoms with E-state index in [0.29, 0.717) is 41.9 Å². The van der Waals surface area contributed by atoms with E-state index in [1.165, 1.54) is 4.90 Å². The van der Waals surface area contributed by atoms with Crippen molar-refractivity contribution in [1.82, 2.24) is 20.1 Å². The van der Waals surface area contributed by atoms with Gasteiger partial charge in [-0.25, -0.2) is 4.39 Å². The third-order valence-electron chi connectivity index (χ3n) is 7.44. The Kier molecular flexibility index (Phi) is 5.62. The van der Waals surface area contributed by atoms with Crippen LogP contribution in [0, 0.1) is 5.82 Å². The number of β-amino-alcohol motifs (C(OH)–C–C–N with tert-alkyl or cyclic N) is 1. The summed E-state index contributed by atoms with van der Waals surface area (Å²) in [5, 5.41) is 13.2. The van der Waals surface area contributed by atoms with Crippen LogP contribution in [-0.4, -0.2) is 56.7 Å². The minimum atomic E-state index is -0.936. The summed E-state index contributed by atoms with van der Waals surface area (Å²) < 4.78 is 15.6. The molecule has 188 valence electrons. The van der Waals surface area contributed by atoms with Crippen molar-refractivity contribution in [3.63, 3.8) is 0 Å². The van der Waals surface area contributed by atoms with Gasteiger partial charge < -0.3 is 10.0 Å². The number of pyridine rings is 1. The number of rotatable bonds is 5. The van der Waals surface area contributed by atoms with E-state index in [2.05, 4.69) is 10.3 Å². The predicted octanol–water partition coefficient (Wildman–Crippen LogP) is 2.35. The maximum Gasteiger partial charge on any atom is 0.255 e. The number of likely N-dealkylation sites (tertiary alicyclic amines) is 1. The number of nitrogens with zero attached hydrogens (tertiary/aromatic N) is 3. The Labute approximate surface area is 212 Å². The van der Waals surface area contributed by atoms with Crippen LogP contribution in [0.25, 0.3) is 11.3 Å². The van der Waals surface area contributed by atoms with Crippen LogP contribution >= 0.6 is 0 Å². The molecule has 2 N–H and O–H groups in total. The predicted molar refractivity (Wildman–Crippen MR) is 131 cm³/mol. The summed E-state index contributed by atoms with van der Waals surface area (Å²) in [5.41, 5.74) is 2.27. The number of nitrogens with one attached hydrogen (secondary N) is 1. The monoisotopic (exact) mass is 500 g/mol. The molecule has 2 saturated heterocycles. The van der Waals surface area contributed by atoms with Crippen molar-refractivity contribution in [1.29, 1.82) is 0 Å². The number of aromatic nitrogens is 1. The lowest BCUT2D eigenvalue weighted by atomic mass is 9.86. The fraction of sp³-hybridized carbons (Fsp3) is 0.286. The Balaban J connectivity index is 1.19. The van der Waals surface area contributed by atoms with Gasteiger partial charge in [0.25, 0.3) is 5.91 Å². The fourth-order valence-corrected chi connectivity index (χ4v) is 5.51. The van der Waals surface area contributed by atoms with Crippen LogP contribution in [0.15, 0.2) is 60.8 Å². The minimum absolute atomic E-state index is 0.184. The lowest BCUT2D eigenvalue weighted by Crippen LogP contribution is -2.58. The van der Waals surface area contributed by atoms with Gasteiger partial charge >= 0.3 is 0 Å². The molecule has 0 saturated carbocycles. The molecule has 0 aliphatic carbocycles. The zero-order valence-corrected chi connectivity index (χ0v) is 20.0. The summed E-state index contributed by atoms with van der Waals surface area (Å²) in [7, 11) is 0. The Morgan fingerprint density at radius 2 is 1.86 bits per heavy atom. The van der Waals surface area contributed by atoms with E-state index >= 15 is 4.39 Å². The normalized spacial score (nSPS) is 21.0. The third-order valence-corrected chi connectivity index (χ3v) is 7.44. The van der Waals surface area contributed by atoms with E-state index in [9.17, 15) is 19.5 Å². The Bertz CT molecular complexity index is 1420. The molecule has 0 bridgehead atoms. The van der Waals surface area contributed by atoms with Crippen LogP contribution in [0.5, 0.6) is 0 Å². The molecule has 0 spiro atoms. The number of aliphatic hydroxyl groups is 1. The van der Waals surface area contributed by atoms with Crippen LogP contribution in [0.4, 0.5) is 4.39 Å². The number of piperidine rings is 1. The first-order valence-electron chi connectivity index (χ1n) is 12.2. The van der Waals surface area contributed by atoms with Gasteiger partial charge in [0.1, 0.15) is 17.3 Å². The summed E-state index contributed by atoms with van der Waals surface area (Å²) in [6.45, 7) is 1.36. The summed E-state index contributed by atoms with van der Waals surface area (Å²) >= 11 is 0. The van der Waals surface area contributed by atoms with Gasteiger partial charge in [0.05, 0.1) is 0 Å². The first-order valence-corrected chi connectivity index (χ1v) is 12.2. The van der Waals surface area contributed by atoms with Crippen molar-refractivity contribution >= 4 is 17.7 Å². The molecule has 9 heteroatoms. The smallest absolute Gasteiger partial charge is 0.255 e. The molecule has 2 fully saturated rings. The molecule has 8 nitrogen and oxygen atoms in total. The van der Waals surface area contributed by atoms with Crippen molar-refractivity contribution in [2.75, 3.05) is 13.1 Å². The SMILES string of the molecule is O=C1CCC(N2Cc3cc(-c4nccc(CN5CC(O)(c6ccccc6)C5)c4F)ccc3C2=O)C(=O)N1. The van der Waals surface area contributed by atoms with Crippen molar-refractivity contribution < 1.29 is 23.9 Å². The second-order valence-electron chi connectivity index (χ2n) is 9.95. The molecule has 1 aromatic heterocycles. The molecule has 3 aliphatic rings. The van der Waals surface area contributed by atoms with Crippen LogP contribution in [0.2, 0.25) is 0 Å². The highest BCUT2D eigenvalue weighted by atomic mass is 19.1. The molecular formula is C28H25FN4O4. The van der Waals surface area contributed by atoms with Gasteiger partial charge in [0, 0.05) is 55.5 Å². The molecule has 3 aliphatic heterocycles. The van der Waals surface area contributed by atoms with Crippen LogP contribution < -0.4 is 5.32 Å². The highest BCUT2D eigenvalue weighted by molar-refractivity contribution is 6.05. The number of benzene rings is 2. The van der Waals surface area contributed by atoms with Crippen LogP contribution in [-0.2, 0) is 28.3 Å². The lowest BCUT2D eigenvalue weighted by molar-refractivity contribution is -0.136. The summed E-state index contributed by atoms with van der Waals surface area (Å²) in [6, 6.07) is 15.4. The van der Waals surface area contributed by atoms with Crippen LogP contribution in [0.3, 0.4) is 0 Å². The maximum absolute atomic E-state index is 15.6. The van der Waals surface area contributed by atoms with E-state index in [4.69, 9.17) is 0 Å². The van der Waals surface area contributed by atoms with Crippen molar-refractivity contribution in [3.05, 3.63) is 88.9 Å². The molecule has 3 amide bonds. The molecule has 3 aromatic rings. The first-order chi connectivity index (χ1) is 17.8. The first kappa shape index (κ1) is 23.4. The fourth-order valence-electron chi connectivity index (χ4n) is 5.51. The summed E-state index contributed by atoms with van der Waals surface area (Å²) in [4.78, 5) is 44.4. The quantitative estimate of drug-likeness (QED) is 0.522. The number of fused-ring (bicyclic) bond motifs is 1. The zero-order chi connectivity index (χ0) is 25.7. The number of halogens is 1. The van der Waals surface area contributed by atoms with Gasteiger partial charge in [0.2, 0.25) is 11.8 Å². The number of carbonyl (C=O) groups excluding carboxylic acids is 3. The van der Waals surface area contributed by atoms with Crippen molar-refractivity contribution in [2.45, 2.75) is 37.6 Å². The molecule has 4 heterocycles. The van der Waals surface area contributed by atoms with Gasteiger partial charge in [-0.3, -0.25) is 29.6 Å². The van der Waals surface area contributed by atoms with Crippen molar-refractivity contribution in [3.8, 4) is 11.3 Å². The zero-order valence-electron chi connectivity index (χ0n) is 20.0. The number of hydrogen-bond donors (Lipinski definition) is 2. The second kappa shape index (κ2) is 8.86. The highest BCUT2D eigenvalue weighted by Gasteiger charge is 2.43. The summed E-state index contributed by atoms with van der Waals surface area (Å²) in [6.07, 6.45) is 2.03. The third kappa shape index (κ3) is 4.10. The molecule has 37 heavy (non-hydrogen) atoms. The number of imide groups is 1. The Morgan fingerprint density at radius 3 is 2.62 bits per heavy atom. The van der Waals surface area contributed by atoms with E-state index in [1.807, 2.05) is 35.2 Å².